The Balaban J connectivity index is 2.25. The van der Waals surface area contributed by atoms with Crippen LogP contribution in [-0.4, -0.2) is 24.3 Å². The number of thiophene rings is 1. The van der Waals surface area contributed by atoms with E-state index in [0.717, 1.165) is 4.88 Å². The summed E-state index contributed by atoms with van der Waals surface area (Å²) in [5, 5.41) is 14.7. The second-order valence-electron chi connectivity index (χ2n) is 5.56. The van der Waals surface area contributed by atoms with Crippen LogP contribution in [0.15, 0.2) is 12.1 Å². The first-order chi connectivity index (χ1) is 9.30. The molecule has 0 aliphatic heterocycles. The molecule has 1 aromatic heterocycles. The average molecular weight is 295 g/mol. The zero-order valence-corrected chi connectivity index (χ0v) is 13.1. The first-order valence-corrected chi connectivity index (χ1v) is 7.31. The van der Waals surface area contributed by atoms with Crippen LogP contribution in [0.5, 0.6) is 0 Å². The number of alkyl carbamates (subject to hydrolysis) is 1. The lowest BCUT2D eigenvalue weighted by Crippen LogP contribution is -2.42. The summed E-state index contributed by atoms with van der Waals surface area (Å²) < 4.78 is 5.18. The molecule has 0 fully saturated rings. The number of carbonyl (C=O) groups is 1. The van der Waals surface area contributed by atoms with E-state index < -0.39 is 11.7 Å². The summed E-state index contributed by atoms with van der Waals surface area (Å²) in [4.78, 5) is 13.4. The maximum absolute atomic E-state index is 11.5. The van der Waals surface area contributed by atoms with Crippen LogP contribution in [0.2, 0.25) is 0 Å². The summed E-state index contributed by atoms with van der Waals surface area (Å²) in [7, 11) is 0. The second-order valence-corrected chi connectivity index (χ2v) is 6.72. The summed E-state index contributed by atoms with van der Waals surface area (Å²) in [5.74, 6) is 0. The quantitative estimate of drug-likeness (QED) is 0.875. The van der Waals surface area contributed by atoms with Crippen LogP contribution in [0.25, 0.3) is 0 Å². The highest BCUT2D eigenvalue weighted by atomic mass is 32.1. The highest BCUT2D eigenvalue weighted by Gasteiger charge is 2.17. The molecule has 5 nitrogen and oxygen atoms in total. The van der Waals surface area contributed by atoms with Gasteiger partial charge in [-0.25, -0.2) is 4.79 Å². The van der Waals surface area contributed by atoms with Crippen LogP contribution in [0.1, 0.15) is 37.4 Å². The van der Waals surface area contributed by atoms with E-state index in [2.05, 4.69) is 16.7 Å². The van der Waals surface area contributed by atoms with Gasteiger partial charge in [-0.15, -0.1) is 11.3 Å². The van der Waals surface area contributed by atoms with Gasteiger partial charge in [-0.1, -0.05) is 0 Å². The molecule has 1 amide bonds. The molecule has 0 bridgehead atoms. The lowest BCUT2D eigenvalue weighted by molar-refractivity contribution is 0.0508. The van der Waals surface area contributed by atoms with Crippen LogP contribution in [0.3, 0.4) is 0 Å². The SMILES string of the molecule is CC(CNCc1ccc(C#N)s1)NC(=O)OC(C)(C)C. The van der Waals surface area contributed by atoms with Crippen molar-refractivity contribution in [2.24, 2.45) is 0 Å². The Morgan fingerprint density at radius 1 is 1.50 bits per heavy atom. The predicted molar refractivity (Wildman–Crippen MR) is 79.6 cm³/mol. The minimum absolute atomic E-state index is 0.0275. The highest BCUT2D eigenvalue weighted by molar-refractivity contribution is 7.12. The zero-order chi connectivity index (χ0) is 15.2. The van der Waals surface area contributed by atoms with E-state index >= 15 is 0 Å². The summed E-state index contributed by atoms with van der Waals surface area (Å²) in [5.41, 5.74) is -0.484. The number of nitriles is 1. The maximum Gasteiger partial charge on any atom is 0.407 e. The van der Waals surface area contributed by atoms with Crippen molar-refractivity contribution < 1.29 is 9.53 Å². The molecule has 1 heterocycles. The van der Waals surface area contributed by atoms with Crippen molar-refractivity contribution in [3.05, 3.63) is 21.9 Å². The smallest absolute Gasteiger partial charge is 0.407 e. The van der Waals surface area contributed by atoms with Crippen molar-refractivity contribution in [3.63, 3.8) is 0 Å². The average Bonchev–Trinajstić information content (AvgIpc) is 2.74. The van der Waals surface area contributed by atoms with Gasteiger partial charge < -0.3 is 15.4 Å². The van der Waals surface area contributed by atoms with Gasteiger partial charge in [-0.05, 0) is 39.8 Å². The van der Waals surface area contributed by atoms with Gasteiger partial charge in [-0.2, -0.15) is 5.26 Å². The maximum atomic E-state index is 11.5. The second kappa shape index (κ2) is 7.27. The third-order valence-electron chi connectivity index (χ3n) is 2.28. The number of nitrogens with one attached hydrogen (secondary N) is 2. The largest absolute Gasteiger partial charge is 0.444 e. The van der Waals surface area contributed by atoms with Crippen molar-refractivity contribution >= 4 is 17.4 Å². The topological polar surface area (TPSA) is 74.2 Å². The number of rotatable bonds is 5. The van der Waals surface area contributed by atoms with Crippen molar-refractivity contribution in [1.82, 2.24) is 10.6 Å². The molecular weight excluding hydrogens is 274 g/mol. The van der Waals surface area contributed by atoms with Gasteiger partial charge in [0.15, 0.2) is 0 Å². The molecule has 0 radical (unpaired) electrons. The van der Waals surface area contributed by atoms with Crippen molar-refractivity contribution in [2.75, 3.05) is 6.54 Å². The van der Waals surface area contributed by atoms with Crippen LogP contribution < -0.4 is 10.6 Å². The van der Waals surface area contributed by atoms with E-state index in [0.29, 0.717) is 18.0 Å². The summed E-state index contributed by atoms with van der Waals surface area (Å²) in [6, 6.07) is 5.83. The van der Waals surface area contributed by atoms with Gasteiger partial charge in [0.1, 0.15) is 16.5 Å². The fraction of sp³-hybridized carbons (Fsp3) is 0.571. The Kier molecular flexibility index (Phi) is 5.99. The molecule has 20 heavy (non-hydrogen) atoms. The van der Waals surface area contributed by atoms with E-state index in [1.807, 2.05) is 39.8 Å². The molecule has 0 saturated carbocycles. The standard InChI is InChI=1S/C14H21N3O2S/c1-10(17-13(18)19-14(2,3)4)8-16-9-12-6-5-11(7-15)20-12/h5-6,10,16H,8-9H2,1-4H3,(H,17,18). The molecule has 0 aromatic carbocycles. The molecule has 110 valence electrons. The van der Waals surface area contributed by atoms with Crippen LogP contribution in [-0.2, 0) is 11.3 Å². The van der Waals surface area contributed by atoms with Crippen LogP contribution in [0, 0.1) is 11.3 Å². The molecule has 0 aliphatic carbocycles. The number of amides is 1. The molecule has 0 spiro atoms. The lowest BCUT2D eigenvalue weighted by Gasteiger charge is -2.22. The monoisotopic (exact) mass is 295 g/mol. The Morgan fingerprint density at radius 3 is 2.75 bits per heavy atom. The molecule has 1 rings (SSSR count). The van der Waals surface area contributed by atoms with E-state index in [1.54, 1.807) is 0 Å². The van der Waals surface area contributed by atoms with Gasteiger partial charge in [0, 0.05) is 24.0 Å². The molecule has 1 aromatic rings. The highest BCUT2D eigenvalue weighted by Crippen LogP contribution is 2.14. The van der Waals surface area contributed by atoms with Gasteiger partial charge in [0.25, 0.3) is 0 Å². The van der Waals surface area contributed by atoms with Gasteiger partial charge in [-0.3, -0.25) is 0 Å². The van der Waals surface area contributed by atoms with Gasteiger partial charge >= 0.3 is 6.09 Å². The molecule has 0 saturated heterocycles. The van der Waals surface area contributed by atoms with E-state index in [1.165, 1.54) is 11.3 Å². The first kappa shape index (κ1) is 16.5. The summed E-state index contributed by atoms with van der Waals surface area (Å²) in [6.07, 6.45) is -0.408. The summed E-state index contributed by atoms with van der Waals surface area (Å²) in [6.45, 7) is 8.73. The Morgan fingerprint density at radius 2 is 2.20 bits per heavy atom. The van der Waals surface area contributed by atoms with Gasteiger partial charge in [0.05, 0.1) is 0 Å². The number of hydrogen-bond donors (Lipinski definition) is 2. The number of hydrogen-bond acceptors (Lipinski definition) is 5. The lowest BCUT2D eigenvalue weighted by atomic mass is 10.2. The fourth-order valence-corrected chi connectivity index (χ4v) is 2.28. The molecule has 1 unspecified atom stereocenters. The van der Waals surface area contributed by atoms with Gasteiger partial charge in [0.2, 0.25) is 0 Å². The molecule has 2 N–H and O–H groups in total. The van der Waals surface area contributed by atoms with Crippen LogP contribution in [0.4, 0.5) is 4.79 Å². The van der Waals surface area contributed by atoms with Crippen molar-refractivity contribution in [3.8, 4) is 6.07 Å². The zero-order valence-electron chi connectivity index (χ0n) is 12.3. The van der Waals surface area contributed by atoms with Crippen LogP contribution >= 0.6 is 11.3 Å². The molecular formula is C14H21N3O2S. The minimum atomic E-state index is -0.484. The van der Waals surface area contributed by atoms with E-state index in [4.69, 9.17) is 10.00 Å². The minimum Gasteiger partial charge on any atom is -0.444 e. The number of carbonyl (C=O) groups excluding carboxylic acids is 1. The number of ether oxygens (including phenoxy) is 1. The van der Waals surface area contributed by atoms with E-state index in [9.17, 15) is 4.79 Å². The Labute approximate surface area is 123 Å². The molecule has 0 aliphatic rings. The fourth-order valence-electron chi connectivity index (χ4n) is 1.50. The molecule has 1 atom stereocenters. The Hall–Kier alpha value is -1.58. The normalized spacial score (nSPS) is 12.6. The first-order valence-electron chi connectivity index (χ1n) is 6.49. The molecule has 6 heteroatoms. The third kappa shape index (κ3) is 6.55. The summed E-state index contributed by atoms with van der Waals surface area (Å²) >= 11 is 1.47. The Bertz CT molecular complexity index is 485. The number of nitrogens with zero attached hydrogens (tertiary/aromatic N) is 1. The van der Waals surface area contributed by atoms with Crippen molar-refractivity contribution in [1.29, 1.82) is 5.26 Å². The third-order valence-corrected chi connectivity index (χ3v) is 3.27. The van der Waals surface area contributed by atoms with E-state index in [-0.39, 0.29) is 6.04 Å². The predicted octanol–water partition coefficient (Wildman–Crippen LogP) is 2.62. The van der Waals surface area contributed by atoms with Crippen molar-refractivity contribution in [2.45, 2.75) is 45.9 Å².